The van der Waals surface area contributed by atoms with Crippen molar-refractivity contribution in [2.75, 3.05) is 13.9 Å². The van der Waals surface area contributed by atoms with Crippen LogP contribution in [0.3, 0.4) is 0 Å². The lowest BCUT2D eigenvalue weighted by Crippen LogP contribution is -2.67. The van der Waals surface area contributed by atoms with E-state index in [0.29, 0.717) is 6.42 Å². The van der Waals surface area contributed by atoms with Crippen LogP contribution in [0.5, 0.6) is 0 Å². The van der Waals surface area contributed by atoms with Crippen LogP contribution in [-0.2, 0) is 18.3 Å². The first kappa shape index (κ1) is 42.6. The van der Waals surface area contributed by atoms with E-state index < -0.39 is 22.7 Å². The molecule has 0 bridgehead atoms. The highest BCUT2D eigenvalue weighted by atomic mass is 28.4. The molecule has 0 aliphatic heterocycles. The topological polar surface area (TPSA) is 57.2 Å². The number of methoxy groups -OCH3 is 1. The summed E-state index contributed by atoms with van der Waals surface area (Å²) in [7, 11) is -3.06. The van der Waals surface area contributed by atoms with Crippen molar-refractivity contribution in [2.45, 2.75) is 160 Å². The van der Waals surface area contributed by atoms with E-state index >= 15 is 0 Å². The fraction of sp³-hybridized carbons (Fsp3) is 0.659. The summed E-state index contributed by atoms with van der Waals surface area (Å²) in [5.41, 5.74) is 0. The Bertz CT molecular complexity index is 1100. The lowest BCUT2D eigenvalue weighted by Gasteiger charge is -2.45. The van der Waals surface area contributed by atoms with Crippen molar-refractivity contribution in [3.8, 4) is 0 Å². The van der Waals surface area contributed by atoms with Gasteiger partial charge in [-0.1, -0.05) is 154 Å². The first-order valence-corrected chi connectivity index (χ1v) is 23.3. The van der Waals surface area contributed by atoms with Crippen molar-refractivity contribution >= 4 is 27.0 Å². The molecular weight excluding hydrogens is 629 g/mol. The summed E-state index contributed by atoms with van der Waals surface area (Å²) in [5, 5.41) is 13.6. The van der Waals surface area contributed by atoms with Gasteiger partial charge < -0.3 is 23.4 Å². The second-order valence-electron chi connectivity index (χ2n) is 16.1. The molecule has 5 nitrogen and oxygen atoms in total. The highest BCUT2D eigenvalue weighted by molar-refractivity contribution is 6.99. The first-order chi connectivity index (χ1) is 22.6. The Kier molecular flexibility index (Phi) is 18.0. The quantitative estimate of drug-likeness (QED) is 0.0542. The molecule has 0 aromatic heterocycles. The molecule has 0 saturated carbocycles. The maximum atomic E-state index is 10.9. The Balaban J connectivity index is 2.20. The molecule has 0 radical (unpaired) electrons. The zero-order valence-corrected chi connectivity index (χ0v) is 34.2. The Morgan fingerprint density at radius 2 is 1.23 bits per heavy atom. The van der Waals surface area contributed by atoms with Crippen LogP contribution in [0, 0.1) is 0 Å². The molecule has 0 spiro atoms. The third-order valence-corrected chi connectivity index (χ3v) is 19.8. The van der Waals surface area contributed by atoms with Crippen molar-refractivity contribution in [1.82, 2.24) is 0 Å². The molecule has 0 aliphatic carbocycles. The highest BCUT2D eigenvalue weighted by Gasteiger charge is 2.51. The van der Waals surface area contributed by atoms with Crippen molar-refractivity contribution in [1.29, 1.82) is 0 Å². The fourth-order valence-electron chi connectivity index (χ4n) is 6.40. The first-order valence-electron chi connectivity index (χ1n) is 18.5. The summed E-state index contributed by atoms with van der Waals surface area (Å²) in [6.07, 6.45) is 11.1. The molecule has 2 aromatic rings. The van der Waals surface area contributed by atoms with Crippen molar-refractivity contribution < 1.29 is 23.4 Å². The standard InChI is InChI=1S/C41H70O5Si2/c1-12-14-18-25-34(45-48(41(6,7)8,36-28-21-16-22-29-36)37-30-23-17-24-31-37)26-19-15-20-27-35(44-33-43-9)32-39(38(42)13-2)46-47(10,11)40(3,4)5/h13,16-17,21-24,28-31,34-35,38-39,42H,2,12,14-15,18-20,25-27,32-33H2,1,3-11H3/t34-,35-,38-,39+/m1/s1. The van der Waals surface area contributed by atoms with E-state index in [1.165, 1.54) is 29.6 Å². The second kappa shape index (κ2) is 20.3. The van der Waals surface area contributed by atoms with Crippen molar-refractivity contribution in [2.24, 2.45) is 0 Å². The number of aliphatic hydroxyl groups excluding tert-OH is 1. The molecule has 2 aromatic carbocycles. The Hall–Kier alpha value is -1.59. The molecule has 0 amide bonds. The summed E-state index contributed by atoms with van der Waals surface area (Å²) in [6, 6.07) is 22.0. The molecule has 1 N–H and O–H groups in total. The van der Waals surface area contributed by atoms with Crippen molar-refractivity contribution in [3.63, 3.8) is 0 Å². The van der Waals surface area contributed by atoms with E-state index in [-0.39, 0.29) is 35.2 Å². The van der Waals surface area contributed by atoms with Gasteiger partial charge in [0, 0.05) is 19.6 Å². The average molecular weight is 699 g/mol. The lowest BCUT2D eigenvalue weighted by molar-refractivity contribution is -0.0928. The summed E-state index contributed by atoms with van der Waals surface area (Å²) in [5.74, 6) is 0. The number of rotatable bonds is 23. The normalized spacial score (nSPS) is 15.6. The molecule has 7 heteroatoms. The van der Waals surface area contributed by atoms with Gasteiger partial charge in [-0.25, -0.2) is 0 Å². The van der Waals surface area contributed by atoms with Crippen LogP contribution in [0.2, 0.25) is 23.2 Å². The number of ether oxygens (including phenoxy) is 2. The van der Waals surface area contributed by atoms with Crippen LogP contribution in [0.4, 0.5) is 0 Å². The molecule has 2 rings (SSSR count). The summed E-state index contributed by atoms with van der Waals surface area (Å²) < 4.78 is 25.8. The molecular formula is C41H70O5Si2. The van der Waals surface area contributed by atoms with Gasteiger partial charge in [0.05, 0.1) is 18.3 Å². The summed E-state index contributed by atoms with van der Waals surface area (Å²) in [4.78, 5) is 0. The van der Waals surface area contributed by atoms with E-state index in [4.69, 9.17) is 18.3 Å². The average Bonchev–Trinajstić information content (AvgIpc) is 3.04. The highest BCUT2D eigenvalue weighted by Crippen LogP contribution is 2.40. The number of hydrogen-bond acceptors (Lipinski definition) is 5. The van der Waals surface area contributed by atoms with Gasteiger partial charge in [0.25, 0.3) is 8.32 Å². The molecule has 0 heterocycles. The van der Waals surface area contributed by atoms with Crippen LogP contribution in [-0.4, -0.2) is 60.1 Å². The van der Waals surface area contributed by atoms with E-state index in [9.17, 15) is 5.11 Å². The Morgan fingerprint density at radius 1 is 0.729 bits per heavy atom. The number of unbranched alkanes of at least 4 members (excludes halogenated alkanes) is 4. The molecule has 0 fully saturated rings. The van der Waals surface area contributed by atoms with Gasteiger partial charge >= 0.3 is 0 Å². The minimum atomic E-state index is -2.62. The number of benzene rings is 2. The third-order valence-electron chi connectivity index (χ3n) is 10.2. The molecule has 4 atom stereocenters. The Morgan fingerprint density at radius 3 is 1.67 bits per heavy atom. The van der Waals surface area contributed by atoms with E-state index in [1.54, 1.807) is 13.2 Å². The second-order valence-corrected chi connectivity index (χ2v) is 25.1. The van der Waals surface area contributed by atoms with Gasteiger partial charge in [-0.15, -0.1) is 6.58 Å². The fourth-order valence-corrected chi connectivity index (χ4v) is 12.5. The minimum absolute atomic E-state index is 0.0380. The van der Waals surface area contributed by atoms with Gasteiger partial charge in [-0.2, -0.15) is 0 Å². The maximum absolute atomic E-state index is 10.9. The molecule has 48 heavy (non-hydrogen) atoms. The van der Waals surface area contributed by atoms with E-state index in [1.807, 2.05) is 0 Å². The predicted octanol–water partition coefficient (Wildman–Crippen LogP) is 9.78. The zero-order chi connectivity index (χ0) is 35.8. The predicted molar refractivity (Wildman–Crippen MR) is 209 cm³/mol. The third kappa shape index (κ3) is 12.6. The van der Waals surface area contributed by atoms with Gasteiger partial charge in [-0.3, -0.25) is 0 Å². The molecule has 0 saturated heterocycles. The molecule has 0 unspecified atom stereocenters. The number of aliphatic hydroxyl groups is 1. The van der Waals surface area contributed by atoms with E-state index in [0.717, 1.165) is 38.5 Å². The number of hydrogen-bond donors (Lipinski definition) is 1. The van der Waals surface area contributed by atoms with Gasteiger partial charge in [0.1, 0.15) is 6.79 Å². The molecule has 0 aliphatic rings. The van der Waals surface area contributed by atoms with Gasteiger partial charge in [0.15, 0.2) is 8.32 Å². The summed E-state index contributed by atoms with van der Waals surface area (Å²) >= 11 is 0. The smallest absolute Gasteiger partial charge is 0.261 e. The maximum Gasteiger partial charge on any atom is 0.261 e. The van der Waals surface area contributed by atoms with Gasteiger partial charge in [-0.05, 0) is 52.8 Å². The monoisotopic (exact) mass is 698 g/mol. The summed E-state index contributed by atoms with van der Waals surface area (Å²) in [6.45, 7) is 24.6. The lowest BCUT2D eigenvalue weighted by atomic mass is 10.00. The van der Waals surface area contributed by atoms with Crippen LogP contribution in [0.25, 0.3) is 0 Å². The van der Waals surface area contributed by atoms with Crippen LogP contribution < -0.4 is 10.4 Å². The van der Waals surface area contributed by atoms with Crippen LogP contribution in [0.15, 0.2) is 73.3 Å². The van der Waals surface area contributed by atoms with Crippen LogP contribution >= 0.6 is 0 Å². The molecule has 272 valence electrons. The van der Waals surface area contributed by atoms with Crippen molar-refractivity contribution in [3.05, 3.63) is 73.3 Å². The van der Waals surface area contributed by atoms with Gasteiger partial charge in [0.2, 0.25) is 0 Å². The zero-order valence-electron chi connectivity index (χ0n) is 32.2. The SMILES string of the molecule is C=C[C@@H](O)[C@H](C[C@@H](CCCCC[C@@H](CCCCC)O[Si](c1ccccc1)(c1ccccc1)C(C)(C)C)OCOC)O[Si](C)(C)C(C)(C)C. The van der Waals surface area contributed by atoms with E-state index in [2.05, 4.69) is 129 Å². The largest absolute Gasteiger partial charge is 0.411 e. The minimum Gasteiger partial charge on any atom is -0.411 e. The van der Waals surface area contributed by atoms with Crippen LogP contribution in [0.1, 0.15) is 113 Å². The Labute approximate surface area is 297 Å².